The van der Waals surface area contributed by atoms with Crippen LogP contribution in [0.4, 0.5) is 0 Å². The maximum Gasteiger partial charge on any atom is 0.0454 e. The van der Waals surface area contributed by atoms with Crippen molar-refractivity contribution in [3.8, 4) is 0 Å². The van der Waals surface area contributed by atoms with Gasteiger partial charge in [0.2, 0.25) is 0 Å². The summed E-state index contributed by atoms with van der Waals surface area (Å²) in [5, 5.41) is 4.95. The molecule has 1 heterocycles. The summed E-state index contributed by atoms with van der Waals surface area (Å²) in [5.41, 5.74) is 1.16. The number of piperazine rings is 1. The van der Waals surface area contributed by atoms with Crippen LogP contribution in [0.15, 0.2) is 18.2 Å². The van der Waals surface area contributed by atoms with Crippen LogP contribution in [0, 0.1) is 0 Å². The number of hydrogen-bond donors (Lipinski definition) is 1. The average molecular weight is 346 g/mol. The summed E-state index contributed by atoms with van der Waals surface area (Å²) in [6.45, 7) is 6.44. The average Bonchev–Trinajstić information content (AvgIpc) is 2.36. The van der Waals surface area contributed by atoms with Gasteiger partial charge >= 0.3 is 0 Å². The Morgan fingerprint density at radius 2 is 1.84 bits per heavy atom. The van der Waals surface area contributed by atoms with Crippen LogP contribution >= 0.6 is 48.0 Å². The number of hydrogen-bond acceptors (Lipinski definition) is 2. The normalized spacial score (nSPS) is 17.2. The van der Waals surface area contributed by atoms with Crippen molar-refractivity contribution in [3.05, 3.63) is 33.8 Å². The molecule has 1 saturated heterocycles. The Labute approximate surface area is 137 Å². The predicted molar refractivity (Wildman–Crippen MR) is 88.4 cm³/mol. The molecule has 0 amide bonds. The Hall–Kier alpha value is 0.300. The monoisotopic (exact) mass is 344 g/mol. The van der Waals surface area contributed by atoms with Crippen molar-refractivity contribution < 1.29 is 0 Å². The van der Waals surface area contributed by atoms with Crippen molar-refractivity contribution in [2.45, 2.75) is 19.4 Å². The number of nitrogens with zero attached hydrogens (tertiary/aromatic N) is 1. The summed E-state index contributed by atoms with van der Waals surface area (Å²) >= 11 is 12.4. The molecule has 2 nitrogen and oxygen atoms in total. The highest BCUT2D eigenvalue weighted by Gasteiger charge is 2.22. The molecule has 110 valence electrons. The molecule has 0 aromatic heterocycles. The maximum atomic E-state index is 6.29. The summed E-state index contributed by atoms with van der Waals surface area (Å²) in [7, 11) is 0. The van der Waals surface area contributed by atoms with Crippen LogP contribution in [0.1, 0.15) is 24.9 Å². The fourth-order valence-corrected chi connectivity index (χ4v) is 2.86. The van der Waals surface area contributed by atoms with E-state index in [2.05, 4.69) is 17.1 Å². The lowest BCUT2D eigenvalue weighted by Gasteiger charge is -2.35. The molecule has 1 fully saturated rings. The zero-order valence-corrected chi connectivity index (χ0v) is 14.0. The van der Waals surface area contributed by atoms with Gasteiger partial charge in [-0.15, -0.1) is 24.8 Å². The number of rotatable bonds is 3. The topological polar surface area (TPSA) is 15.3 Å². The smallest absolute Gasteiger partial charge is 0.0454 e. The molecule has 0 spiro atoms. The van der Waals surface area contributed by atoms with E-state index in [1.807, 2.05) is 18.2 Å². The molecule has 19 heavy (non-hydrogen) atoms. The van der Waals surface area contributed by atoms with Gasteiger partial charge < -0.3 is 5.32 Å². The molecule has 1 aliphatic rings. The standard InChI is InChI=1S/C13H18Cl2N2.2ClH/c1-2-13(17-7-5-16-6-8-17)11-9-10(14)3-4-12(11)15;;/h3-4,9,13,16H,2,5-8H2,1H3;2*1H/t13-;;/m1../s1. The van der Waals surface area contributed by atoms with E-state index in [0.717, 1.165) is 48.2 Å². The minimum atomic E-state index is 0. The van der Waals surface area contributed by atoms with Gasteiger partial charge in [0, 0.05) is 42.3 Å². The molecular weight excluding hydrogens is 326 g/mol. The minimum Gasteiger partial charge on any atom is -0.314 e. The second kappa shape index (κ2) is 9.28. The summed E-state index contributed by atoms with van der Waals surface area (Å²) < 4.78 is 0. The lowest BCUT2D eigenvalue weighted by atomic mass is 10.0. The number of nitrogens with one attached hydrogen (secondary N) is 1. The van der Waals surface area contributed by atoms with Gasteiger partial charge in [-0.05, 0) is 30.2 Å². The largest absolute Gasteiger partial charge is 0.314 e. The first-order chi connectivity index (χ1) is 8.22. The first-order valence-corrected chi connectivity index (χ1v) is 6.87. The molecule has 1 aliphatic heterocycles. The second-order valence-corrected chi connectivity index (χ2v) is 5.22. The highest BCUT2D eigenvalue weighted by atomic mass is 35.5. The molecule has 0 radical (unpaired) electrons. The molecule has 6 heteroatoms. The third kappa shape index (κ3) is 4.96. The van der Waals surface area contributed by atoms with Crippen LogP contribution in [0.2, 0.25) is 10.0 Å². The van der Waals surface area contributed by atoms with Crippen LogP contribution < -0.4 is 5.32 Å². The van der Waals surface area contributed by atoms with Gasteiger partial charge in [0.05, 0.1) is 0 Å². The predicted octanol–water partition coefficient (Wildman–Crippen LogP) is 4.19. The third-order valence-electron chi connectivity index (χ3n) is 3.30. The van der Waals surface area contributed by atoms with Gasteiger partial charge in [0.1, 0.15) is 0 Å². The summed E-state index contributed by atoms with van der Waals surface area (Å²) in [6, 6.07) is 6.12. The van der Waals surface area contributed by atoms with Crippen molar-refractivity contribution in [2.24, 2.45) is 0 Å². The Bertz CT molecular complexity index is 381. The van der Waals surface area contributed by atoms with E-state index in [9.17, 15) is 0 Å². The van der Waals surface area contributed by atoms with Crippen LogP contribution in [0.25, 0.3) is 0 Å². The van der Waals surface area contributed by atoms with Gasteiger partial charge in [-0.1, -0.05) is 30.1 Å². The molecule has 1 N–H and O–H groups in total. The van der Waals surface area contributed by atoms with Crippen molar-refractivity contribution in [1.29, 1.82) is 0 Å². The lowest BCUT2D eigenvalue weighted by molar-refractivity contribution is 0.169. The van der Waals surface area contributed by atoms with E-state index >= 15 is 0 Å². The fraction of sp³-hybridized carbons (Fsp3) is 0.538. The Kier molecular flexibility index (Phi) is 9.42. The lowest BCUT2D eigenvalue weighted by Crippen LogP contribution is -2.45. The third-order valence-corrected chi connectivity index (χ3v) is 3.88. The molecule has 1 atom stereocenters. The molecule has 1 aromatic carbocycles. The second-order valence-electron chi connectivity index (χ2n) is 4.38. The van der Waals surface area contributed by atoms with Gasteiger partial charge in [0.15, 0.2) is 0 Å². The first kappa shape index (κ1) is 19.3. The van der Waals surface area contributed by atoms with Gasteiger partial charge in [0.25, 0.3) is 0 Å². The zero-order chi connectivity index (χ0) is 12.3. The molecule has 0 bridgehead atoms. The fourth-order valence-electron chi connectivity index (χ4n) is 2.44. The van der Waals surface area contributed by atoms with Crippen molar-refractivity contribution in [2.75, 3.05) is 26.2 Å². The SMILES string of the molecule is CC[C@H](c1cc(Cl)ccc1Cl)N1CCNCC1.Cl.Cl. The molecule has 1 aromatic rings. The van der Waals surface area contributed by atoms with E-state index in [-0.39, 0.29) is 24.8 Å². The number of benzene rings is 1. The van der Waals surface area contributed by atoms with Crippen LogP contribution in [-0.4, -0.2) is 31.1 Å². The van der Waals surface area contributed by atoms with E-state index in [1.165, 1.54) is 0 Å². The quantitative estimate of drug-likeness (QED) is 0.883. The van der Waals surface area contributed by atoms with Crippen molar-refractivity contribution in [3.63, 3.8) is 0 Å². The molecule has 0 aliphatic carbocycles. The van der Waals surface area contributed by atoms with E-state index < -0.39 is 0 Å². The highest BCUT2D eigenvalue weighted by Crippen LogP contribution is 2.32. The van der Waals surface area contributed by atoms with E-state index in [4.69, 9.17) is 23.2 Å². The zero-order valence-electron chi connectivity index (χ0n) is 10.9. The first-order valence-electron chi connectivity index (χ1n) is 6.12. The van der Waals surface area contributed by atoms with Crippen LogP contribution in [0.3, 0.4) is 0 Å². The highest BCUT2D eigenvalue weighted by molar-refractivity contribution is 6.33. The van der Waals surface area contributed by atoms with Gasteiger partial charge in [-0.3, -0.25) is 4.90 Å². The Morgan fingerprint density at radius 1 is 1.21 bits per heavy atom. The number of halogens is 4. The van der Waals surface area contributed by atoms with Gasteiger partial charge in [-0.2, -0.15) is 0 Å². The summed E-state index contributed by atoms with van der Waals surface area (Å²) in [5.74, 6) is 0. The van der Waals surface area contributed by atoms with E-state index in [1.54, 1.807) is 0 Å². The van der Waals surface area contributed by atoms with Crippen LogP contribution in [-0.2, 0) is 0 Å². The van der Waals surface area contributed by atoms with Crippen molar-refractivity contribution >= 4 is 48.0 Å². The van der Waals surface area contributed by atoms with E-state index in [0.29, 0.717) is 6.04 Å². The molecule has 2 rings (SSSR count). The minimum absolute atomic E-state index is 0. The molecular formula is C13H20Cl4N2. The Morgan fingerprint density at radius 3 is 2.42 bits per heavy atom. The Balaban J connectivity index is 0.00000162. The van der Waals surface area contributed by atoms with Crippen molar-refractivity contribution in [1.82, 2.24) is 10.2 Å². The molecule has 0 saturated carbocycles. The van der Waals surface area contributed by atoms with Crippen LogP contribution in [0.5, 0.6) is 0 Å². The summed E-state index contributed by atoms with van der Waals surface area (Å²) in [4.78, 5) is 2.48. The summed E-state index contributed by atoms with van der Waals surface area (Å²) in [6.07, 6.45) is 1.06. The maximum absolute atomic E-state index is 6.29. The van der Waals surface area contributed by atoms with Gasteiger partial charge in [-0.25, -0.2) is 0 Å². The molecule has 0 unspecified atom stereocenters.